The summed E-state index contributed by atoms with van der Waals surface area (Å²) in [4.78, 5) is 3.06. The molecule has 0 aliphatic heterocycles. The summed E-state index contributed by atoms with van der Waals surface area (Å²) in [6, 6.07) is 25.8. The normalized spacial score (nSPS) is 9.52. The number of nitrogens with one attached hydrogen (secondary N) is 1. The van der Waals surface area contributed by atoms with Crippen LogP contribution in [-0.2, 0) is 18.9 Å². The number of para-hydroxylation sites is 1. The Bertz CT molecular complexity index is 747. The summed E-state index contributed by atoms with van der Waals surface area (Å²) in [6.07, 6.45) is 1.82. The van der Waals surface area contributed by atoms with Crippen molar-refractivity contribution >= 4 is 42.4 Å². The first-order valence-corrected chi connectivity index (χ1v) is 15.0. The Kier molecular flexibility index (Phi) is 7.88. The molecule has 4 rings (SSSR count). The van der Waals surface area contributed by atoms with Gasteiger partial charge in [0, 0.05) is 0 Å². The van der Waals surface area contributed by atoms with E-state index in [1.807, 2.05) is 41.1 Å². The van der Waals surface area contributed by atoms with Gasteiger partial charge in [0.1, 0.15) is 0 Å². The molecule has 0 saturated heterocycles. The molecule has 1 N–H and O–H groups in total. The molecule has 1 nitrogen and oxygen atoms in total. The maximum Gasteiger partial charge on any atom is -0.0662 e. The second-order valence-electron chi connectivity index (χ2n) is 4.71. The van der Waals surface area contributed by atoms with Gasteiger partial charge >= 0.3 is 46.5 Å². The molecule has 0 spiro atoms. The Morgan fingerprint density at radius 2 is 1.74 bits per heavy atom. The van der Waals surface area contributed by atoms with Gasteiger partial charge in [0.05, 0.1) is 0 Å². The van der Waals surface area contributed by atoms with Crippen molar-refractivity contribution in [2.45, 2.75) is 6.92 Å². The zero-order valence-corrected chi connectivity index (χ0v) is 16.7. The van der Waals surface area contributed by atoms with Crippen LogP contribution < -0.4 is 0 Å². The second kappa shape index (κ2) is 9.93. The van der Waals surface area contributed by atoms with E-state index in [1.54, 1.807) is 0 Å². The molecule has 0 bridgehead atoms. The van der Waals surface area contributed by atoms with E-state index in [9.17, 15) is 0 Å². The Morgan fingerprint density at radius 3 is 2.43 bits per heavy atom. The van der Waals surface area contributed by atoms with Crippen molar-refractivity contribution in [1.29, 1.82) is 0 Å². The molecule has 1 aromatic heterocycles. The van der Waals surface area contributed by atoms with Crippen LogP contribution in [0.2, 0.25) is 0 Å². The van der Waals surface area contributed by atoms with E-state index in [4.69, 9.17) is 17.0 Å². The van der Waals surface area contributed by atoms with E-state index < -0.39 is 18.9 Å². The van der Waals surface area contributed by atoms with Crippen LogP contribution in [-0.4, -0.2) is 8.69 Å². The molecule has 4 aromatic rings. The fraction of sp³-hybridized carbons (Fsp3) is 0.0526. The SMILES string of the molecule is C[CH]=[Zr]([Cl])[Cl].[c-]1c[nH]c2ccccc12.c1ccc2[cH-]ccc2c1. The van der Waals surface area contributed by atoms with Gasteiger partial charge in [0.2, 0.25) is 0 Å². The summed E-state index contributed by atoms with van der Waals surface area (Å²) in [5, 5.41) is 3.81. The zero-order chi connectivity index (χ0) is 16.5. The molecule has 0 saturated carbocycles. The number of halogens is 2. The Hall–Kier alpha value is -1.08. The number of aromatic nitrogens is 1. The summed E-state index contributed by atoms with van der Waals surface area (Å²) in [6.45, 7) is 1.90. The predicted molar refractivity (Wildman–Crippen MR) is 100 cm³/mol. The van der Waals surface area contributed by atoms with Crippen LogP contribution >= 0.6 is 17.0 Å². The van der Waals surface area contributed by atoms with Crippen LogP contribution in [0.25, 0.3) is 21.7 Å². The van der Waals surface area contributed by atoms with Crippen LogP contribution in [0.15, 0.2) is 72.9 Å². The monoisotopic (exact) mass is 419 g/mol. The van der Waals surface area contributed by atoms with E-state index in [2.05, 4.69) is 53.5 Å². The molecule has 3 aromatic carbocycles. The average Bonchev–Trinajstić information content (AvgIpc) is 3.24. The van der Waals surface area contributed by atoms with Crippen molar-refractivity contribution in [3.8, 4) is 0 Å². The van der Waals surface area contributed by atoms with Gasteiger partial charge in [0.25, 0.3) is 0 Å². The fourth-order valence-electron chi connectivity index (χ4n) is 2.00. The first-order chi connectivity index (χ1) is 11.2. The Labute approximate surface area is 151 Å². The van der Waals surface area contributed by atoms with E-state index in [0.29, 0.717) is 0 Å². The standard InChI is InChI=1S/C9H7.C8H6N.C2H4.2ClH.Zr/c1-2-5-9-7-3-6-8(9)4-1;1-2-4-8-7(3-1)5-6-9-8;1-2;;;/h1-7H;1-4,6,9H;1H,2H3;2*1H;/q2*-1;;;;+2/p-2. The molecule has 0 radical (unpaired) electrons. The largest absolute Gasteiger partial charge is 0.424 e. The first-order valence-electron chi connectivity index (χ1n) is 7.22. The topological polar surface area (TPSA) is 15.8 Å². The Balaban J connectivity index is 0.000000132. The molecule has 0 atom stereocenters. The predicted octanol–water partition coefficient (Wildman–Crippen LogP) is 6.26. The number of fused-ring (bicyclic) bond motifs is 2. The average molecular weight is 421 g/mol. The zero-order valence-electron chi connectivity index (χ0n) is 12.8. The number of H-pyrrole nitrogens is 1. The second-order valence-corrected chi connectivity index (χ2v) is 13.5. The molecular formula is C19H17Cl2NZr-2. The molecule has 0 amide bonds. The molecule has 0 aliphatic carbocycles. The molecule has 1 heterocycles. The smallest absolute Gasteiger partial charge is 0.0662 e. The summed E-state index contributed by atoms with van der Waals surface area (Å²) in [7, 11) is 10.7. The number of rotatable bonds is 0. The van der Waals surface area contributed by atoms with Crippen molar-refractivity contribution in [1.82, 2.24) is 4.98 Å². The number of benzene rings is 2. The quantitative estimate of drug-likeness (QED) is 0.323. The van der Waals surface area contributed by atoms with Crippen LogP contribution in [0.1, 0.15) is 6.92 Å². The van der Waals surface area contributed by atoms with Gasteiger partial charge in [-0.15, -0.1) is 35.7 Å². The molecule has 0 aliphatic rings. The summed E-state index contributed by atoms with van der Waals surface area (Å²) in [5.41, 5.74) is 1.15. The molecule has 4 heteroatoms. The van der Waals surface area contributed by atoms with Crippen molar-refractivity contribution in [2.75, 3.05) is 0 Å². The minimum Gasteiger partial charge on any atom is -0.424 e. The molecule has 23 heavy (non-hydrogen) atoms. The maximum atomic E-state index is 5.37. The van der Waals surface area contributed by atoms with Crippen molar-refractivity contribution in [3.05, 3.63) is 79.0 Å². The third kappa shape index (κ3) is 6.14. The maximum absolute atomic E-state index is 5.37. The van der Waals surface area contributed by atoms with Crippen LogP contribution in [0.4, 0.5) is 0 Å². The van der Waals surface area contributed by atoms with Crippen LogP contribution in [0, 0.1) is 6.07 Å². The minimum absolute atomic E-state index is 1.15. The van der Waals surface area contributed by atoms with Gasteiger partial charge in [0.15, 0.2) is 0 Å². The van der Waals surface area contributed by atoms with Gasteiger partial charge in [-0.3, -0.25) is 0 Å². The van der Waals surface area contributed by atoms with E-state index in [-0.39, 0.29) is 0 Å². The third-order valence-electron chi connectivity index (χ3n) is 3.15. The molecule has 0 fully saturated rings. The van der Waals surface area contributed by atoms with Gasteiger partial charge in [-0.05, 0) is 0 Å². The Morgan fingerprint density at radius 1 is 1.04 bits per heavy atom. The van der Waals surface area contributed by atoms with Gasteiger partial charge in [-0.25, -0.2) is 0 Å². The van der Waals surface area contributed by atoms with E-state index in [1.165, 1.54) is 10.8 Å². The van der Waals surface area contributed by atoms with Crippen molar-refractivity contribution in [2.24, 2.45) is 0 Å². The molecule has 0 unspecified atom stereocenters. The number of hydrogen-bond donors (Lipinski definition) is 1. The summed E-state index contributed by atoms with van der Waals surface area (Å²) >= 11 is -1.76. The van der Waals surface area contributed by atoms with E-state index >= 15 is 0 Å². The van der Waals surface area contributed by atoms with E-state index in [0.717, 1.165) is 10.9 Å². The van der Waals surface area contributed by atoms with Gasteiger partial charge in [-0.2, -0.15) is 35.0 Å². The van der Waals surface area contributed by atoms with Gasteiger partial charge < -0.3 is 4.98 Å². The third-order valence-corrected chi connectivity index (χ3v) is 6.80. The first kappa shape index (κ1) is 18.3. The van der Waals surface area contributed by atoms with Crippen molar-refractivity contribution < 1.29 is 18.9 Å². The van der Waals surface area contributed by atoms with Crippen LogP contribution in [0.3, 0.4) is 0 Å². The summed E-state index contributed by atoms with van der Waals surface area (Å²) < 4.78 is 1.89. The van der Waals surface area contributed by atoms with Gasteiger partial charge in [-0.1, -0.05) is 29.9 Å². The fourth-order valence-corrected chi connectivity index (χ4v) is 2.00. The summed E-state index contributed by atoms with van der Waals surface area (Å²) in [5.74, 6) is 0. The molecular weight excluding hydrogens is 404 g/mol. The van der Waals surface area contributed by atoms with Crippen molar-refractivity contribution in [3.63, 3.8) is 0 Å². The van der Waals surface area contributed by atoms with Crippen LogP contribution in [0.5, 0.6) is 0 Å². The molecule has 118 valence electrons. The number of hydrogen-bond acceptors (Lipinski definition) is 0. The number of aromatic amines is 1. The minimum atomic E-state index is -1.76.